The Balaban J connectivity index is 1.64. The highest BCUT2D eigenvalue weighted by Crippen LogP contribution is 2.43. The van der Waals surface area contributed by atoms with Crippen LogP contribution in [0.5, 0.6) is 0 Å². The first kappa shape index (κ1) is 26.5. The van der Waals surface area contributed by atoms with Gasteiger partial charge in [0.05, 0.1) is 11.6 Å². The van der Waals surface area contributed by atoms with Gasteiger partial charge in [-0.2, -0.15) is 0 Å². The molecule has 1 heterocycles. The number of aryl methyl sites for hydroxylation is 2. The third-order valence-corrected chi connectivity index (χ3v) is 8.05. The van der Waals surface area contributed by atoms with Gasteiger partial charge in [0.1, 0.15) is 5.76 Å². The fourth-order valence-corrected chi connectivity index (χ4v) is 5.82. The molecule has 0 saturated carbocycles. The van der Waals surface area contributed by atoms with E-state index in [1.54, 1.807) is 0 Å². The fraction of sp³-hybridized carbons (Fsp3) is 0.333. The lowest BCUT2D eigenvalue weighted by Crippen LogP contribution is -2.29. The molecule has 3 aromatic carbocycles. The van der Waals surface area contributed by atoms with Crippen molar-refractivity contribution in [2.45, 2.75) is 45.6 Å². The van der Waals surface area contributed by atoms with E-state index < -0.39 is 17.7 Å². The second kappa shape index (κ2) is 11.0. The number of ketones is 1. The van der Waals surface area contributed by atoms with Gasteiger partial charge in [-0.3, -0.25) is 14.5 Å². The lowest BCUT2D eigenvalue weighted by atomic mass is 9.88. The zero-order chi connectivity index (χ0) is 27.7. The van der Waals surface area contributed by atoms with Gasteiger partial charge in [0.15, 0.2) is 0 Å². The van der Waals surface area contributed by atoms with E-state index in [0.29, 0.717) is 11.3 Å². The Morgan fingerprint density at radius 2 is 1.46 bits per heavy atom. The van der Waals surface area contributed by atoms with Gasteiger partial charge in [0.2, 0.25) is 0 Å². The van der Waals surface area contributed by atoms with E-state index in [1.165, 1.54) is 22.4 Å². The van der Waals surface area contributed by atoms with E-state index >= 15 is 0 Å². The van der Waals surface area contributed by atoms with Crippen molar-refractivity contribution in [3.8, 4) is 0 Å². The molecule has 1 amide bonds. The van der Waals surface area contributed by atoms with Crippen molar-refractivity contribution in [2.75, 3.05) is 41.9 Å². The molecule has 39 heavy (non-hydrogen) atoms. The first-order valence-electron chi connectivity index (χ1n) is 13.9. The lowest BCUT2D eigenvalue weighted by Gasteiger charge is -2.27. The van der Waals surface area contributed by atoms with E-state index in [1.807, 2.05) is 85.7 Å². The number of rotatable bonds is 7. The Kier molecular flexibility index (Phi) is 7.47. The minimum absolute atomic E-state index is 0.119. The molecule has 1 fully saturated rings. The summed E-state index contributed by atoms with van der Waals surface area (Å²) in [6.07, 6.45) is 4.27. The minimum Gasteiger partial charge on any atom is -0.507 e. The lowest BCUT2D eigenvalue weighted by molar-refractivity contribution is -0.132. The van der Waals surface area contributed by atoms with Gasteiger partial charge in [-0.05, 0) is 98.7 Å². The first-order valence-corrected chi connectivity index (χ1v) is 13.9. The highest BCUT2D eigenvalue weighted by Gasteiger charge is 2.47. The summed E-state index contributed by atoms with van der Waals surface area (Å²) in [6, 6.07) is 20.7. The molecule has 1 aliphatic carbocycles. The Bertz CT molecular complexity index is 1400. The number of amides is 1. The topological polar surface area (TPSA) is 64.1 Å². The molecule has 1 aliphatic heterocycles. The van der Waals surface area contributed by atoms with Crippen molar-refractivity contribution in [2.24, 2.45) is 0 Å². The van der Waals surface area contributed by atoms with E-state index in [0.717, 1.165) is 49.3 Å². The van der Waals surface area contributed by atoms with Crippen LogP contribution in [0.4, 0.5) is 17.1 Å². The number of nitrogens with zero attached hydrogens (tertiary/aromatic N) is 3. The normalized spacial score (nSPS) is 18.3. The molecule has 1 saturated heterocycles. The van der Waals surface area contributed by atoms with Crippen LogP contribution in [-0.2, 0) is 22.4 Å². The van der Waals surface area contributed by atoms with Gasteiger partial charge in [0.25, 0.3) is 11.7 Å². The number of benzene rings is 3. The average Bonchev–Trinajstić information content (AvgIpc) is 3.23. The summed E-state index contributed by atoms with van der Waals surface area (Å²) in [5.74, 6) is -1.42. The number of carbonyl (C=O) groups is 2. The summed E-state index contributed by atoms with van der Waals surface area (Å²) < 4.78 is 0. The number of aliphatic hydroxyl groups excluding tert-OH is 1. The Hall–Kier alpha value is -4.06. The largest absolute Gasteiger partial charge is 0.507 e. The Morgan fingerprint density at radius 3 is 2.08 bits per heavy atom. The van der Waals surface area contributed by atoms with Crippen LogP contribution in [-0.4, -0.2) is 44.0 Å². The molecule has 1 atom stereocenters. The summed E-state index contributed by atoms with van der Waals surface area (Å²) in [7, 11) is 3.91. The molecule has 0 radical (unpaired) electrons. The van der Waals surface area contributed by atoms with Crippen LogP contribution in [0.25, 0.3) is 5.76 Å². The van der Waals surface area contributed by atoms with Crippen LogP contribution in [0.3, 0.4) is 0 Å². The molecule has 0 bridgehead atoms. The molecule has 6 nitrogen and oxygen atoms in total. The molecule has 1 unspecified atom stereocenters. The van der Waals surface area contributed by atoms with Gasteiger partial charge < -0.3 is 14.9 Å². The van der Waals surface area contributed by atoms with Crippen LogP contribution < -0.4 is 14.7 Å². The molecular formula is C33H37N3O3. The zero-order valence-electron chi connectivity index (χ0n) is 23.3. The Labute approximate surface area is 231 Å². The van der Waals surface area contributed by atoms with Crippen LogP contribution in [0.1, 0.15) is 55.0 Å². The molecule has 6 heteroatoms. The van der Waals surface area contributed by atoms with Crippen molar-refractivity contribution in [3.05, 3.63) is 94.6 Å². The number of anilines is 3. The SMILES string of the molecule is CCN(CC)c1ccc(C2/C(=C(/O)c3ccc4c(c3)CCCC4)C(=O)C(=O)N2c2ccc(N(C)C)cc2)cc1. The Morgan fingerprint density at radius 1 is 0.846 bits per heavy atom. The smallest absolute Gasteiger partial charge is 0.300 e. The number of Topliss-reactive ketones (excluding diaryl/α,β-unsaturated/α-hetero) is 1. The highest BCUT2D eigenvalue weighted by molar-refractivity contribution is 6.51. The van der Waals surface area contributed by atoms with Gasteiger partial charge >= 0.3 is 0 Å². The second-order valence-electron chi connectivity index (χ2n) is 10.5. The summed E-state index contributed by atoms with van der Waals surface area (Å²) in [5.41, 5.74) is 6.67. The molecule has 2 aliphatic rings. The van der Waals surface area contributed by atoms with Crippen molar-refractivity contribution >= 4 is 34.5 Å². The summed E-state index contributed by atoms with van der Waals surface area (Å²) >= 11 is 0. The zero-order valence-corrected chi connectivity index (χ0v) is 23.3. The van der Waals surface area contributed by atoms with Crippen molar-refractivity contribution in [1.82, 2.24) is 0 Å². The summed E-state index contributed by atoms with van der Waals surface area (Å²) in [4.78, 5) is 32.9. The molecule has 0 spiro atoms. The molecule has 5 rings (SSSR count). The second-order valence-corrected chi connectivity index (χ2v) is 10.5. The fourth-order valence-electron chi connectivity index (χ4n) is 5.82. The number of fused-ring (bicyclic) bond motifs is 1. The third kappa shape index (κ3) is 4.91. The van der Waals surface area contributed by atoms with Crippen LogP contribution in [0.15, 0.2) is 72.3 Å². The number of carbonyl (C=O) groups excluding carboxylic acids is 2. The van der Waals surface area contributed by atoms with Crippen molar-refractivity contribution in [3.63, 3.8) is 0 Å². The highest BCUT2D eigenvalue weighted by atomic mass is 16.3. The van der Waals surface area contributed by atoms with Crippen molar-refractivity contribution in [1.29, 1.82) is 0 Å². The van der Waals surface area contributed by atoms with Crippen LogP contribution in [0, 0.1) is 0 Å². The third-order valence-electron chi connectivity index (χ3n) is 8.05. The standard InChI is InChI=1S/C33H37N3O3/c1-5-35(6-2)27-15-13-23(14-16-27)30-29(31(37)25-12-11-22-9-7-8-10-24(22)21-25)32(38)33(39)36(30)28-19-17-26(18-20-28)34(3)4/h11-21,30,37H,5-10H2,1-4H3/b31-29-. The maximum Gasteiger partial charge on any atom is 0.300 e. The summed E-state index contributed by atoms with van der Waals surface area (Å²) in [6.45, 7) is 5.99. The monoisotopic (exact) mass is 523 g/mol. The van der Waals surface area contributed by atoms with Crippen molar-refractivity contribution < 1.29 is 14.7 Å². The maximum atomic E-state index is 13.6. The predicted molar refractivity (Wildman–Crippen MR) is 159 cm³/mol. The van der Waals surface area contributed by atoms with Crippen LogP contribution in [0.2, 0.25) is 0 Å². The van der Waals surface area contributed by atoms with E-state index in [9.17, 15) is 14.7 Å². The predicted octanol–water partition coefficient (Wildman–Crippen LogP) is 6.10. The maximum absolute atomic E-state index is 13.6. The molecule has 3 aromatic rings. The molecule has 202 valence electrons. The van der Waals surface area contributed by atoms with Gasteiger partial charge in [-0.25, -0.2) is 0 Å². The summed E-state index contributed by atoms with van der Waals surface area (Å²) in [5, 5.41) is 11.6. The first-order chi connectivity index (χ1) is 18.8. The van der Waals surface area contributed by atoms with Gasteiger partial charge in [0, 0.05) is 49.8 Å². The minimum atomic E-state index is -0.739. The van der Waals surface area contributed by atoms with Gasteiger partial charge in [-0.1, -0.05) is 24.3 Å². The van der Waals surface area contributed by atoms with Crippen LogP contribution >= 0.6 is 0 Å². The number of aliphatic hydroxyl groups is 1. The molecule has 1 N–H and O–H groups in total. The van der Waals surface area contributed by atoms with E-state index in [-0.39, 0.29) is 11.3 Å². The molecule has 0 aromatic heterocycles. The molecular weight excluding hydrogens is 486 g/mol. The van der Waals surface area contributed by atoms with E-state index in [4.69, 9.17) is 0 Å². The quantitative estimate of drug-likeness (QED) is 0.230. The number of hydrogen-bond donors (Lipinski definition) is 1. The van der Waals surface area contributed by atoms with E-state index in [2.05, 4.69) is 18.7 Å². The average molecular weight is 524 g/mol. The number of hydrogen-bond acceptors (Lipinski definition) is 5. The van der Waals surface area contributed by atoms with Gasteiger partial charge in [-0.15, -0.1) is 0 Å².